The number of hydrogen-bond acceptors (Lipinski definition) is 2. The molecule has 2 heterocycles. The van der Waals surface area contributed by atoms with Crippen molar-refractivity contribution in [2.75, 3.05) is 6.61 Å². The molecule has 4 nitrogen and oxygen atoms in total. The van der Waals surface area contributed by atoms with Crippen LogP contribution in [0.1, 0.15) is 20.8 Å². The van der Waals surface area contributed by atoms with Crippen LogP contribution in [-0.2, 0) is 18.3 Å². The number of rotatable bonds is 2. The molecule has 1 aromatic heterocycles. The maximum Gasteiger partial charge on any atom is 0.243 e. The number of ether oxygens (including phenoxy) is 1. The van der Waals surface area contributed by atoms with E-state index >= 15 is 0 Å². The lowest BCUT2D eigenvalue weighted by Gasteiger charge is -2.16. The van der Waals surface area contributed by atoms with E-state index in [1.54, 1.807) is 0 Å². The number of aryl methyl sites for hydroxylation is 1. The van der Waals surface area contributed by atoms with Gasteiger partial charge < -0.3 is 4.74 Å². The zero-order chi connectivity index (χ0) is 11.8. The van der Waals surface area contributed by atoms with Crippen molar-refractivity contribution in [1.29, 1.82) is 0 Å². The van der Waals surface area contributed by atoms with E-state index in [-0.39, 0.29) is 11.5 Å². The maximum absolute atomic E-state index is 5.64. The Kier molecular flexibility index (Phi) is 2.74. The second-order valence-electron chi connectivity index (χ2n) is 5.42. The Bertz CT molecular complexity index is 401. The third-order valence-corrected chi connectivity index (χ3v) is 2.60. The monoisotopic (exact) mass is 222 g/mol. The second-order valence-corrected chi connectivity index (χ2v) is 5.42. The van der Waals surface area contributed by atoms with Crippen LogP contribution in [0, 0.1) is 5.41 Å². The summed E-state index contributed by atoms with van der Waals surface area (Å²) in [5.74, 6) is 0.883. The van der Waals surface area contributed by atoms with Gasteiger partial charge in [-0.1, -0.05) is 20.8 Å². The quantitative estimate of drug-likeness (QED) is 0.691. The van der Waals surface area contributed by atoms with Crippen molar-refractivity contribution < 1.29 is 9.30 Å². The molecule has 0 fully saturated rings. The van der Waals surface area contributed by atoms with Gasteiger partial charge in [-0.3, -0.25) is 0 Å². The van der Waals surface area contributed by atoms with Crippen LogP contribution in [0.4, 0.5) is 0 Å². The topological polar surface area (TPSA) is 30.4 Å². The highest BCUT2D eigenvalue weighted by molar-refractivity contribution is 5.82. The van der Waals surface area contributed by atoms with Gasteiger partial charge in [0, 0.05) is 5.41 Å². The first-order chi connectivity index (χ1) is 7.45. The van der Waals surface area contributed by atoms with Crippen LogP contribution >= 0.6 is 0 Å². The van der Waals surface area contributed by atoms with Crippen LogP contribution in [0.5, 0.6) is 0 Å². The Hall–Kier alpha value is -1.32. The summed E-state index contributed by atoms with van der Waals surface area (Å²) < 4.78 is 9.81. The molecular formula is C12H20N3O+. The minimum absolute atomic E-state index is 0.0239. The van der Waals surface area contributed by atoms with Crippen LogP contribution in [0.25, 0.3) is 0 Å². The van der Waals surface area contributed by atoms with E-state index in [1.165, 1.54) is 0 Å². The fourth-order valence-electron chi connectivity index (χ4n) is 1.77. The first kappa shape index (κ1) is 11.2. The highest BCUT2D eigenvalue weighted by Gasteiger charge is 2.29. The van der Waals surface area contributed by atoms with Crippen molar-refractivity contribution >= 4 is 5.90 Å². The molecule has 0 saturated heterocycles. The van der Waals surface area contributed by atoms with Crippen LogP contribution in [-0.4, -0.2) is 23.1 Å². The standard InChI is InChI=1S/C12H20N3O/c1-12(2,3)11-13-10(8-16-11)7-15-6-5-14(4)9-15/h5-6,9-10H,7-8H2,1-4H3/q+1/t10-/m1/s1. The SMILES string of the molecule is C[n+]1ccn(C[C@@H]2COC(C(C)(C)C)=N2)c1. The molecule has 0 aromatic carbocycles. The lowest BCUT2D eigenvalue weighted by atomic mass is 9.97. The lowest BCUT2D eigenvalue weighted by Crippen LogP contribution is -2.24. The van der Waals surface area contributed by atoms with E-state index in [4.69, 9.17) is 4.74 Å². The van der Waals surface area contributed by atoms with Crippen molar-refractivity contribution in [2.45, 2.75) is 33.4 Å². The fraction of sp³-hybridized carbons (Fsp3) is 0.667. The van der Waals surface area contributed by atoms with Gasteiger partial charge in [0.15, 0.2) is 5.90 Å². The van der Waals surface area contributed by atoms with Gasteiger partial charge in [-0.15, -0.1) is 0 Å². The molecule has 1 aliphatic heterocycles. The predicted octanol–water partition coefficient (Wildman–Crippen LogP) is 1.16. The van der Waals surface area contributed by atoms with E-state index < -0.39 is 0 Å². The number of nitrogens with zero attached hydrogens (tertiary/aromatic N) is 3. The molecule has 0 N–H and O–H groups in total. The van der Waals surface area contributed by atoms with E-state index in [0.29, 0.717) is 6.61 Å². The second kappa shape index (κ2) is 3.92. The summed E-state index contributed by atoms with van der Waals surface area (Å²) >= 11 is 0. The molecule has 0 amide bonds. The van der Waals surface area contributed by atoms with Gasteiger partial charge in [0.05, 0.1) is 7.05 Å². The number of imidazole rings is 1. The van der Waals surface area contributed by atoms with Crippen LogP contribution in [0.3, 0.4) is 0 Å². The van der Waals surface area contributed by atoms with Gasteiger partial charge in [-0.05, 0) is 0 Å². The van der Waals surface area contributed by atoms with E-state index in [0.717, 1.165) is 12.4 Å². The van der Waals surface area contributed by atoms with Crippen LogP contribution in [0.2, 0.25) is 0 Å². The zero-order valence-corrected chi connectivity index (χ0v) is 10.5. The minimum atomic E-state index is 0.0239. The zero-order valence-electron chi connectivity index (χ0n) is 10.5. The Labute approximate surface area is 96.6 Å². The Balaban J connectivity index is 2.01. The molecule has 2 rings (SSSR count). The summed E-state index contributed by atoms with van der Waals surface area (Å²) in [6.07, 6.45) is 6.15. The van der Waals surface area contributed by atoms with Crippen molar-refractivity contribution in [1.82, 2.24) is 4.57 Å². The lowest BCUT2D eigenvalue weighted by molar-refractivity contribution is -0.671. The Morgan fingerprint density at radius 1 is 1.56 bits per heavy atom. The molecule has 0 bridgehead atoms. The molecule has 4 heteroatoms. The summed E-state index contributed by atoms with van der Waals surface area (Å²) in [4.78, 5) is 4.63. The van der Waals surface area contributed by atoms with Crippen molar-refractivity contribution in [3.63, 3.8) is 0 Å². The molecule has 0 unspecified atom stereocenters. The molecule has 88 valence electrons. The highest BCUT2D eigenvalue weighted by Crippen LogP contribution is 2.22. The third-order valence-electron chi connectivity index (χ3n) is 2.60. The first-order valence-corrected chi connectivity index (χ1v) is 5.67. The van der Waals surface area contributed by atoms with Gasteiger partial charge in [-0.25, -0.2) is 14.1 Å². The summed E-state index contributed by atoms with van der Waals surface area (Å²) in [6.45, 7) is 7.98. The van der Waals surface area contributed by atoms with E-state index in [2.05, 4.69) is 42.9 Å². The molecule has 0 radical (unpaired) electrons. The number of aliphatic imine (C=N–C) groups is 1. The molecule has 0 spiro atoms. The first-order valence-electron chi connectivity index (χ1n) is 5.67. The molecule has 0 aliphatic carbocycles. The predicted molar refractivity (Wildman–Crippen MR) is 62.2 cm³/mol. The minimum Gasteiger partial charge on any atom is -0.478 e. The molecular weight excluding hydrogens is 202 g/mol. The number of hydrogen-bond donors (Lipinski definition) is 0. The molecule has 1 atom stereocenters. The molecule has 1 aliphatic rings. The van der Waals surface area contributed by atoms with Gasteiger partial charge in [0.1, 0.15) is 31.6 Å². The fourth-order valence-corrected chi connectivity index (χ4v) is 1.77. The van der Waals surface area contributed by atoms with Gasteiger partial charge >= 0.3 is 0 Å². The highest BCUT2D eigenvalue weighted by atomic mass is 16.5. The summed E-state index contributed by atoms with van der Waals surface area (Å²) in [5.41, 5.74) is 0.0239. The molecule has 16 heavy (non-hydrogen) atoms. The van der Waals surface area contributed by atoms with Crippen LogP contribution < -0.4 is 4.57 Å². The van der Waals surface area contributed by atoms with Crippen molar-refractivity contribution in [2.24, 2.45) is 17.5 Å². The number of aromatic nitrogens is 2. The Morgan fingerprint density at radius 2 is 2.31 bits per heavy atom. The van der Waals surface area contributed by atoms with Gasteiger partial charge in [0.25, 0.3) is 0 Å². The maximum atomic E-state index is 5.64. The van der Waals surface area contributed by atoms with Crippen LogP contribution in [0.15, 0.2) is 23.7 Å². The van der Waals surface area contributed by atoms with Gasteiger partial charge in [0.2, 0.25) is 6.33 Å². The smallest absolute Gasteiger partial charge is 0.243 e. The Morgan fingerprint density at radius 3 is 2.81 bits per heavy atom. The average molecular weight is 222 g/mol. The summed E-state index contributed by atoms with van der Waals surface area (Å²) in [5, 5.41) is 0. The van der Waals surface area contributed by atoms with Crippen molar-refractivity contribution in [3.8, 4) is 0 Å². The third kappa shape index (κ3) is 2.43. The van der Waals surface area contributed by atoms with Crippen molar-refractivity contribution in [3.05, 3.63) is 18.7 Å². The van der Waals surface area contributed by atoms with E-state index in [9.17, 15) is 0 Å². The molecule has 1 aromatic rings. The largest absolute Gasteiger partial charge is 0.478 e. The normalized spacial score (nSPS) is 20.8. The average Bonchev–Trinajstić information content (AvgIpc) is 2.74. The summed E-state index contributed by atoms with van der Waals surface area (Å²) in [7, 11) is 2.02. The van der Waals surface area contributed by atoms with E-state index in [1.807, 2.05) is 17.8 Å². The summed E-state index contributed by atoms with van der Waals surface area (Å²) in [6, 6.07) is 0.252. The van der Waals surface area contributed by atoms with Gasteiger partial charge in [-0.2, -0.15) is 0 Å². The molecule has 0 saturated carbocycles.